The Labute approximate surface area is 60.6 Å². The second-order valence-corrected chi connectivity index (χ2v) is 2.85. The van der Waals surface area contributed by atoms with E-state index in [1.807, 2.05) is 0 Å². The van der Waals surface area contributed by atoms with E-state index >= 15 is 0 Å². The molecule has 1 saturated heterocycles. The molecule has 2 aliphatic rings. The third-order valence-corrected chi connectivity index (χ3v) is 2.30. The lowest BCUT2D eigenvalue weighted by Gasteiger charge is -2.26. The van der Waals surface area contributed by atoms with Gasteiger partial charge in [0.25, 0.3) is 0 Å². The molecule has 50 valence electrons. The van der Waals surface area contributed by atoms with E-state index < -0.39 is 0 Å². The number of nitrogens with one attached hydrogen (secondary N) is 1. The highest BCUT2D eigenvalue weighted by Crippen LogP contribution is 2.54. The summed E-state index contributed by atoms with van der Waals surface area (Å²) in [4.78, 5) is 0. The van der Waals surface area contributed by atoms with E-state index in [1.165, 1.54) is 0 Å². The average molecular weight is 145 g/mol. The van der Waals surface area contributed by atoms with Crippen molar-refractivity contribution in [3.8, 4) is 6.07 Å². The van der Waals surface area contributed by atoms with Gasteiger partial charge in [-0.15, -0.1) is 12.4 Å². The van der Waals surface area contributed by atoms with Crippen molar-refractivity contribution in [2.45, 2.75) is 6.42 Å². The van der Waals surface area contributed by atoms with Gasteiger partial charge >= 0.3 is 0 Å². The molecule has 3 heteroatoms. The Kier molecular flexibility index (Phi) is 1.42. The number of halogens is 1. The van der Waals surface area contributed by atoms with Crippen molar-refractivity contribution >= 4 is 12.4 Å². The van der Waals surface area contributed by atoms with E-state index in [4.69, 9.17) is 5.26 Å². The zero-order chi connectivity index (χ0) is 5.61. The minimum Gasteiger partial charge on any atom is -0.315 e. The molecule has 2 nitrogen and oxygen atoms in total. The van der Waals surface area contributed by atoms with Gasteiger partial charge in [-0.05, 0) is 6.42 Å². The summed E-state index contributed by atoms with van der Waals surface area (Å²) < 4.78 is 0. The monoisotopic (exact) mass is 144 g/mol. The second-order valence-electron chi connectivity index (χ2n) is 2.85. The Bertz CT molecular complexity index is 157. The van der Waals surface area contributed by atoms with Crippen molar-refractivity contribution in [2.75, 3.05) is 13.1 Å². The molecule has 1 saturated carbocycles. The van der Waals surface area contributed by atoms with Crippen molar-refractivity contribution < 1.29 is 0 Å². The van der Waals surface area contributed by atoms with Crippen molar-refractivity contribution in [3.05, 3.63) is 0 Å². The molecule has 2 fully saturated rings. The van der Waals surface area contributed by atoms with E-state index in [2.05, 4.69) is 11.4 Å². The fourth-order valence-electron chi connectivity index (χ4n) is 1.37. The van der Waals surface area contributed by atoms with Gasteiger partial charge in [-0.3, -0.25) is 0 Å². The maximum absolute atomic E-state index is 8.43. The fourth-order valence-corrected chi connectivity index (χ4v) is 1.37. The third-order valence-electron chi connectivity index (χ3n) is 2.30. The van der Waals surface area contributed by atoms with Crippen LogP contribution in [0.5, 0.6) is 0 Å². The van der Waals surface area contributed by atoms with Crippen LogP contribution in [-0.2, 0) is 0 Å². The fraction of sp³-hybridized carbons (Fsp3) is 0.833. The first-order valence-electron chi connectivity index (χ1n) is 2.98. The first kappa shape index (κ1) is 6.85. The lowest BCUT2D eigenvalue weighted by atomic mass is 9.97. The normalized spacial score (nSPS) is 33.9. The minimum absolute atomic E-state index is 0. The zero-order valence-electron chi connectivity index (χ0n) is 5.05. The number of rotatable bonds is 0. The summed E-state index contributed by atoms with van der Waals surface area (Å²) in [5.41, 5.74) is 0.467. The molecule has 1 heterocycles. The van der Waals surface area contributed by atoms with Gasteiger partial charge in [-0.2, -0.15) is 5.26 Å². The molecule has 0 radical (unpaired) electrons. The maximum Gasteiger partial charge on any atom is 0.0662 e. The first-order chi connectivity index (χ1) is 3.87. The van der Waals surface area contributed by atoms with Crippen LogP contribution in [0.15, 0.2) is 0 Å². The molecule has 0 bridgehead atoms. The summed E-state index contributed by atoms with van der Waals surface area (Å²) in [7, 11) is 0. The van der Waals surface area contributed by atoms with Crippen molar-refractivity contribution in [1.29, 1.82) is 5.26 Å². The van der Waals surface area contributed by atoms with Crippen LogP contribution < -0.4 is 5.32 Å². The molecular formula is C6H9ClN2. The van der Waals surface area contributed by atoms with E-state index in [1.54, 1.807) is 0 Å². The largest absolute Gasteiger partial charge is 0.315 e. The van der Waals surface area contributed by atoms with E-state index in [0.29, 0.717) is 11.3 Å². The molecule has 0 aromatic heterocycles. The molecular weight excluding hydrogens is 136 g/mol. The summed E-state index contributed by atoms with van der Waals surface area (Å²) in [6.45, 7) is 2.18. The first-order valence-corrected chi connectivity index (χ1v) is 2.98. The second kappa shape index (κ2) is 1.86. The summed E-state index contributed by atoms with van der Waals surface area (Å²) in [6, 6.07) is 2.29. The average Bonchev–Trinajstić information content (AvgIpc) is 2.36. The number of nitrogens with zero attached hydrogens (tertiary/aromatic N) is 1. The van der Waals surface area contributed by atoms with Crippen LogP contribution in [0.1, 0.15) is 6.42 Å². The summed E-state index contributed by atoms with van der Waals surface area (Å²) in [6.07, 6.45) is 1.15. The smallest absolute Gasteiger partial charge is 0.0662 e. The van der Waals surface area contributed by atoms with Gasteiger partial charge in [0.05, 0.1) is 12.0 Å². The van der Waals surface area contributed by atoms with Crippen molar-refractivity contribution in [1.82, 2.24) is 5.32 Å². The third kappa shape index (κ3) is 0.726. The van der Waals surface area contributed by atoms with Crippen LogP contribution in [0.25, 0.3) is 0 Å². The van der Waals surface area contributed by atoms with Gasteiger partial charge in [-0.1, -0.05) is 0 Å². The number of nitriles is 1. The summed E-state index contributed by atoms with van der Waals surface area (Å²) in [5, 5.41) is 11.6. The van der Waals surface area contributed by atoms with Crippen molar-refractivity contribution in [3.63, 3.8) is 0 Å². The molecule has 1 aliphatic carbocycles. The van der Waals surface area contributed by atoms with Crippen LogP contribution in [0.3, 0.4) is 0 Å². The molecule has 0 amide bonds. The Morgan fingerprint density at radius 1 is 1.56 bits per heavy atom. The Hall–Kier alpha value is -0.260. The van der Waals surface area contributed by atoms with Crippen LogP contribution >= 0.6 is 12.4 Å². The highest BCUT2D eigenvalue weighted by atomic mass is 35.5. The number of hydrogen-bond donors (Lipinski definition) is 1. The SMILES string of the molecule is Cl.N#CC1CC12CNC2. The van der Waals surface area contributed by atoms with E-state index in [9.17, 15) is 0 Å². The topological polar surface area (TPSA) is 35.8 Å². The van der Waals surface area contributed by atoms with Gasteiger partial charge in [0.15, 0.2) is 0 Å². The Balaban J connectivity index is 0.000000405. The van der Waals surface area contributed by atoms with Gasteiger partial charge < -0.3 is 5.32 Å². The summed E-state index contributed by atoms with van der Waals surface area (Å²) in [5.74, 6) is 0.392. The molecule has 2 rings (SSSR count). The lowest BCUT2D eigenvalue weighted by molar-refractivity contribution is 0.308. The van der Waals surface area contributed by atoms with Crippen molar-refractivity contribution in [2.24, 2.45) is 11.3 Å². The predicted octanol–water partition coefficient (Wildman–Crippen LogP) is 0.541. The molecule has 1 N–H and O–H groups in total. The van der Waals surface area contributed by atoms with Gasteiger partial charge in [0, 0.05) is 18.5 Å². The standard InChI is InChI=1S/C6H8N2.ClH/c7-2-5-1-6(5)3-8-4-6;/h5,8H,1,3-4H2;1H. The minimum atomic E-state index is 0. The summed E-state index contributed by atoms with van der Waals surface area (Å²) >= 11 is 0. The van der Waals surface area contributed by atoms with Gasteiger partial charge in [0.2, 0.25) is 0 Å². The van der Waals surface area contributed by atoms with E-state index in [-0.39, 0.29) is 12.4 Å². The van der Waals surface area contributed by atoms with Crippen LogP contribution in [-0.4, -0.2) is 13.1 Å². The van der Waals surface area contributed by atoms with Gasteiger partial charge in [0.1, 0.15) is 0 Å². The molecule has 9 heavy (non-hydrogen) atoms. The van der Waals surface area contributed by atoms with Crippen LogP contribution in [0.2, 0.25) is 0 Å². The highest BCUT2D eigenvalue weighted by Gasteiger charge is 2.58. The maximum atomic E-state index is 8.43. The number of hydrogen-bond acceptors (Lipinski definition) is 2. The molecule has 1 aliphatic heterocycles. The molecule has 1 atom stereocenters. The Morgan fingerprint density at radius 2 is 2.22 bits per heavy atom. The van der Waals surface area contributed by atoms with Crippen LogP contribution in [0.4, 0.5) is 0 Å². The van der Waals surface area contributed by atoms with Gasteiger partial charge in [-0.25, -0.2) is 0 Å². The molecule has 0 aromatic rings. The Morgan fingerprint density at radius 3 is 2.33 bits per heavy atom. The van der Waals surface area contributed by atoms with Crippen LogP contribution in [0, 0.1) is 22.7 Å². The zero-order valence-corrected chi connectivity index (χ0v) is 5.87. The highest BCUT2D eigenvalue weighted by molar-refractivity contribution is 5.85. The predicted molar refractivity (Wildman–Crippen MR) is 36.3 cm³/mol. The quantitative estimate of drug-likeness (QED) is 0.539. The lowest BCUT2D eigenvalue weighted by Crippen LogP contribution is -2.45. The molecule has 1 spiro atoms. The molecule has 0 aromatic carbocycles. The molecule has 1 unspecified atom stereocenters. The van der Waals surface area contributed by atoms with E-state index in [0.717, 1.165) is 19.5 Å².